The quantitative estimate of drug-likeness (QED) is 0.303. The molecule has 1 N–H and O–H groups in total. The van der Waals surface area contributed by atoms with Crippen molar-refractivity contribution in [2.24, 2.45) is 41.4 Å². The highest BCUT2D eigenvalue weighted by atomic mass is 16.5. The number of ether oxygens (including phenoxy) is 1. The molecule has 12 unspecified atom stereocenters. The normalized spacial score (nSPS) is 40.0. The lowest BCUT2D eigenvalue weighted by atomic mass is 9.74. The number of hydrogen-bond donors (Lipinski definition) is 1. The average molecular weight is 754 g/mol. The van der Waals surface area contributed by atoms with Crippen LogP contribution in [0.5, 0.6) is 0 Å². The molecule has 0 radical (unpaired) electrons. The van der Waals surface area contributed by atoms with E-state index in [1.54, 1.807) is 11.1 Å². The fourth-order valence-electron chi connectivity index (χ4n) is 13.5. The molecule has 4 aliphatic heterocycles. The average Bonchev–Trinajstić information content (AvgIpc) is 3.94. The highest BCUT2D eigenvalue weighted by Gasteiger charge is 2.52. The maximum absolute atomic E-state index is 6.50. The van der Waals surface area contributed by atoms with Crippen molar-refractivity contribution >= 4 is 5.57 Å². The van der Waals surface area contributed by atoms with E-state index in [-0.39, 0.29) is 0 Å². The molecule has 4 heterocycles. The van der Waals surface area contributed by atoms with E-state index in [4.69, 9.17) is 4.74 Å². The number of allylic oxidation sites excluding steroid dienone is 13. The Balaban J connectivity index is 0.841. The van der Waals surface area contributed by atoms with Crippen LogP contribution < -0.4 is 5.32 Å². The summed E-state index contributed by atoms with van der Waals surface area (Å²) in [4.78, 5) is 5.80. The van der Waals surface area contributed by atoms with Crippen LogP contribution in [0.2, 0.25) is 0 Å². The van der Waals surface area contributed by atoms with E-state index in [1.165, 1.54) is 78.8 Å². The molecule has 0 aromatic heterocycles. The monoisotopic (exact) mass is 753 g/mol. The third kappa shape index (κ3) is 5.86. The minimum atomic E-state index is 0.350. The van der Waals surface area contributed by atoms with Gasteiger partial charge in [0.1, 0.15) is 11.9 Å². The van der Waals surface area contributed by atoms with E-state index >= 15 is 0 Å². The Morgan fingerprint density at radius 2 is 1.67 bits per heavy atom. The Morgan fingerprint density at radius 3 is 2.60 bits per heavy atom. The molecular formula is C53H59N3O. The first-order valence-corrected chi connectivity index (χ1v) is 22.9. The van der Waals surface area contributed by atoms with Gasteiger partial charge in [0, 0.05) is 65.3 Å². The van der Waals surface area contributed by atoms with Crippen molar-refractivity contribution in [1.82, 2.24) is 15.1 Å². The van der Waals surface area contributed by atoms with Crippen molar-refractivity contribution < 1.29 is 4.74 Å². The van der Waals surface area contributed by atoms with E-state index in [1.807, 2.05) is 0 Å². The lowest BCUT2D eigenvalue weighted by Gasteiger charge is -2.39. The van der Waals surface area contributed by atoms with Crippen molar-refractivity contribution in [3.05, 3.63) is 161 Å². The molecule has 1 aromatic rings. The lowest BCUT2D eigenvalue weighted by molar-refractivity contribution is 0.124. The summed E-state index contributed by atoms with van der Waals surface area (Å²) in [5.41, 5.74) is 10.4. The van der Waals surface area contributed by atoms with Crippen LogP contribution in [-0.2, 0) is 4.74 Å². The van der Waals surface area contributed by atoms with Gasteiger partial charge in [-0.1, -0.05) is 116 Å². The molecular weight excluding hydrogens is 695 g/mol. The summed E-state index contributed by atoms with van der Waals surface area (Å²) in [5.74, 6) is 5.13. The van der Waals surface area contributed by atoms with Gasteiger partial charge in [0.05, 0.1) is 6.04 Å². The molecule has 7 aliphatic carbocycles. The SMILES string of the molecule is C1=CC2C3=CC(N4C5C=CC(C6C=C7C(=CC6)N(C6=CC(c8ccccc8)=CC(C8C=CNCC8)C6)C6C=CCCC76)=CC5C5CCCCC54)CC=C3OC2CC1. The number of benzene rings is 1. The minimum Gasteiger partial charge on any atom is -0.489 e. The van der Waals surface area contributed by atoms with E-state index in [0.717, 1.165) is 44.6 Å². The number of hydrogen-bond acceptors (Lipinski definition) is 4. The van der Waals surface area contributed by atoms with Crippen molar-refractivity contribution in [2.75, 3.05) is 6.54 Å². The smallest absolute Gasteiger partial charge is 0.119 e. The molecule has 4 nitrogen and oxygen atoms in total. The second kappa shape index (κ2) is 14.2. The van der Waals surface area contributed by atoms with Gasteiger partial charge in [-0.25, -0.2) is 0 Å². The standard InChI is InChI=1S/C53H59N3O/c1-2-10-34(11-3-1)38-28-39(35-24-26-54-27-25-35)30-41(29-38)56-49-16-8-5-13-43(49)46-32-37(19-22-51(46)56)36-18-21-50-45(31-36)42-12-4-7-15-48(42)55(50)40-20-23-53-47(33-40)44-14-6-9-17-52(44)57-53/h1-3,6,8,10-11,14,16,18,21-24,26,28-29,31-33,35,37,39-40,42-45,48-50,52,54H,4-5,7,9,12-13,15,17,19-20,25,27,30H2. The second-order valence-electron chi connectivity index (χ2n) is 19.0. The van der Waals surface area contributed by atoms with E-state index in [0.29, 0.717) is 65.8 Å². The summed E-state index contributed by atoms with van der Waals surface area (Å²) in [6, 6.07) is 13.2. The largest absolute Gasteiger partial charge is 0.489 e. The Labute approximate surface area is 340 Å². The van der Waals surface area contributed by atoms with Crippen LogP contribution in [-0.4, -0.2) is 46.6 Å². The number of fused-ring (bicyclic) bond motifs is 9. The molecule has 4 heteroatoms. The molecule has 0 bridgehead atoms. The van der Waals surface area contributed by atoms with Crippen LogP contribution >= 0.6 is 0 Å². The Bertz CT molecular complexity index is 2140. The molecule has 0 amide bonds. The first-order chi connectivity index (χ1) is 28.2. The van der Waals surface area contributed by atoms with Gasteiger partial charge in [-0.3, -0.25) is 4.90 Å². The molecule has 1 aromatic carbocycles. The Kier molecular flexibility index (Phi) is 8.67. The summed E-state index contributed by atoms with van der Waals surface area (Å²) < 4.78 is 6.50. The number of nitrogens with zero attached hydrogens (tertiary/aromatic N) is 2. The third-order valence-electron chi connectivity index (χ3n) is 16.1. The molecule has 0 spiro atoms. The van der Waals surface area contributed by atoms with Crippen LogP contribution in [0.3, 0.4) is 0 Å². The van der Waals surface area contributed by atoms with Gasteiger partial charge in [-0.2, -0.15) is 0 Å². The van der Waals surface area contributed by atoms with Gasteiger partial charge < -0.3 is 15.0 Å². The first-order valence-electron chi connectivity index (χ1n) is 22.9. The molecule has 4 fully saturated rings. The van der Waals surface area contributed by atoms with Gasteiger partial charge in [-0.15, -0.1) is 0 Å². The molecule has 12 atom stereocenters. The van der Waals surface area contributed by atoms with Crippen molar-refractivity contribution in [3.8, 4) is 0 Å². The predicted molar refractivity (Wildman–Crippen MR) is 231 cm³/mol. The maximum Gasteiger partial charge on any atom is 0.119 e. The van der Waals surface area contributed by atoms with Gasteiger partial charge in [-0.05, 0) is 123 Å². The van der Waals surface area contributed by atoms with Crippen molar-refractivity contribution in [3.63, 3.8) is 0 Å². The molecule has 11 aliphatic rings. The fraction of sp³-hybridized carbons (Fsp3) is 0.472. The fourth-order valence-corrected chi connectivity index (χ4v) is 13.5. The third-order valence-corrected chi connectivity index (χ3v) is 16.1. The molecule has 3 saturated heterocycles. The lowest BCUT2D eigenvalue weighted by Crippen LogP contribution is -2.45. The molecule has 1 saturated carbocycles. The van der Waals surface area contributed by atoms with Crippen molar-refractivity contribution in [1.29, 1.82) is 0 Å². The van der Waals surface area contributed by atoms with E-state index in [9.17, 15) is 0 Å². The zero-order chi connectivity index (χ0) is 37.5. The molecule has 12 rings (SSSR count). The molecule has 292 valence electrons. The first kappa shape index (κ1) is 34.7. The number of nitrogens with one attached hydrogen (secondary N) is 1. The van der Waals surface area contributed by atoms with Gasteiger partial charge in [0.2, 0.25) is 0 Å². The number of rotatable bonds is 5. The highest BCUT2D eigenvalue weighted by molar-refractivity contribution is 5.76. The zero-order valence-electron chi connectivity index (χ0n) is 33.5. The number of likely N-dealkylation sites (tertiary alicyclic amines) is 2. The van der Waals surface area contributed by atoms with E-state index < -0.39 is 0 Å². The second-order valence-corrected chi connectivity index (χ2v) is 19.0. The summed E-state index contributed by atoms with van der Waals surface area (Å²) in [6.45, 7) is 1.07. The molecule has 57 heavy (non-hydrogen) atoms. The summed E-state index contributed by atoms with van der Waals surface area (Å²) >= 11 is 0. The zero-order valence-corrected chi connectivity index (χ0v) is 33.5. The van der Waals surface area contributed by atoms with Gasteiger partial charge >= 0.3 is 0 Å². The topological polar surface area (TPSA) is 27.7 Å². The van der Waals surface area contributed by atoms with Crippen LogP contribution in [0.1, 0.15) is 82.6 Å². The summed E-state index contributed by atoms with van der Waals surface area (Å²) in [5, 5.41) is 3.45. The Morgan fingerprint density at radius 1 is 0.754 bits per heavy atom. The van der Waals surface area contributed by atoms with Crippen molar-refractivity contribution in [2.45, 2.75) is 107 Å². The maximum atomic E-state index is 6.50. The van der Waals surface area contributed by atoms with Crippen LogP contribution in [0.4, 0.5) is 0 Å². The van der Waals surface area contributed by atoms with Crippen LogP contribution in [0.25, 0.3) is 5.57 Å². The summed E-state index contributed by atoms with van der Waals surface area (Å²) in [6.07, 6.45) is 53.3. The van der Waals surface area contributed by atoms with E-state index in [2.05, 4.69) is 137 Å². The Hall–Kier alpha value is -4.28. The summed E-state index contributed by atoms with van der Waals surface area (Å²) in [7, 11) is 0. The van der Waals surface area contributed by atoms with Gasteiger partial charge in [0.15, 0.2) is 0 Å². The predicted octanol–water partition coefficient (Wildman–Crippen LogP) is 10.9. The van der Waals surface area contributed by atoms with Gasteiger partial charge in [0.25, 0.3) is 0 Å². The highest BCUT2D eigenvalue weighted by Crippen LogP contribution is 2.54. The minimum absolute atomic E-state index is 0.350. The van der Waals surface area contributed by atoms with Crippen LogP contribution in [0, 0.1) is 41.4 Å². The van der Waals surface area contributed by atoms with Crippen LogP contribution in [0.15, 0.2) is 155 Å².